The van der Waals surface area contributed by atoms with Gasteiger partial charge in [-0.25, -0.2) is 4.98 Å². The van der Waals surface area contributed by atoms with Gasteiger partial charge < -0.3 is 15.4 Å². The summed E-state index contributed by atoms with van der Waals surface area (Å²) in [6, 6.07) is 7.05. The minimum atomic E-state index is -0.192. The molecule has 3 N–H and O–H groups in total. The Bertz CT molecular complexity index is 873. The summed E-state index contributed by atoms with van der Waals surface area (Å²) in [7, 11) is 1.81. The van der Waals surface area contributed by atoms with E-state index in [1.165, 1.54) is 0 Å². The number of nitrogens with zero attached hydrogens (tertiary/aromatic N) is 3. The zero-order chi connectivity index (χ0) is 17.4. The molecule has 124 valence electrons. The quantitative estimate of drug-likeness (QED) is 0.901. The van der Waals surface area contributed by atoms with Crippen molar-refractivity contribution in [2.75, 3.05) is 6.54 Å². The third kappa shape index (κ3) is 2.60. The lowest BCUT2D eigenvalue weighted by atomic mass is 9.95. The van der Waals surface area contributed by atoms with Gasteiger partial charge in [0.15, 0.2) is 0 Å². The van der Waals surface area contributed by atoms with Gasteiger partial charge in [0.05, 0.1) is 11.4 Å². The largest absolute Gasteiger partial charge is 0.508 e. The number of aryl methyl sites for hydroxylation is 1. The van der Waals surface area contributed by atoms with Crippen LogP contribution in [0.25, 0.3) is 0 Å². The molecule has 0 amide bonds. The molecule has 1 aromatic carbocycles. The van der Waals surface area contributed by atoms with Crippen LogP contribution in [0.2, 0.25) is 0 Å². The van der Waals surface area contributed by atoms with E-state index in [4.69, 9.17) is 5.73 Å². The molecule has 6 heteroatoms. The molecule has 0 saturated carbocycles. The number of benzene rings is 1. The number of aromatic hydroxyl groups is 1. The molecule has 3 rings (SSSR count). The van der Waals surface area contributed by atoms with Gasteiger partial charge in [-0.05, 0) is 38.0 Å². The first-order valence-corrected chi connectivity index (χ1v) is 7.77. The number of hydrogen-bond donors (Lipinski definition) is 2. The molecule has 1 aromatic heterocycles. The van der Waals surface area contributed by atoms with Gasteiger partial charge in [-0.15, -0.1) is 0 Å². The fraction of sp³-hybridized carbons (Fsp3) is 0.278. The van der Waals surface area contributed by atoms with Crippen molar-refractivity contribution in [1.29, 1.82) is 0 Å². The van der Waals surface area contributed by atoms with Gasteiger partial charge in [0.25, 0.3) is 0 Å². The molecule has 2 aromatic rings. The Hall–Kier alpha value is -2.89. The number of rotatable bonds is 3. The van der Waals surface area contributed by atoms with E-state index >= 15 is 0 Å². The van der Waals surface area contributed by atoms with Crippen molar-refractivity contribution in [3.8, 4) is 5.75 Å². The number of aliphatic imine (C=N–C) groups is 1. The summed E-state index contributed by atoms with van der Waals surface area (Å²) in [4.78, 5) is 21.6. The van der Waals surface area contributed by atoms with Gasteiger partial charge in [-0.2, -0.15) is 0 Å². The maximum atomic E-state index is 12.4. The summed E-state index contributed by atoms with van der Waals surface area (Å²) < 4.78 is 1.76. The highest BCUT2D eigenvalue weighted by Crippen LogP contribution is 2.24. The maximum Gasteiger partial charge on any atom is 0.227 e. The standard InChI is InChI=1S/C18H20N4O2/c1-10-14(19)18(24)17-16(21-11(2)22(17)3)15(10)20-9-8-12-4-6-13(23)7-5-12/h4-7,23H,8-9,19H2,1-3H3. The summed E-state index contributed by atoms with van der Waals surface area (Å²) >= 11 is 0. The van der Waals surface area contributed by atoms with Crippen molar-refractivity contribution in [2.45, 2.75) is 20.3 Å². The van der Waals surface area contributed by atoms with Gasteiger partial charge in [0.2, 0.25) is 5.78 Å². The minimum absolute atomic E-state index is 0.192. The fourth-order valence-electron chi connectivity index (χ4n) is 2.79. The highest BCUT2D eigenvalue weighted by molar-refractivity contribution is 6.26. The molecule has 0 fully saturated rings. The normalized spacial score (nSPS) is 16.0. The van der Waals surface area contributed by atoms with Crippen molar-refractivity contribution in [3.63, 3.8) is 0 Å². The zero-order valence-corrected chi connectivity index (χ0v) is 14.0. The lowest BCUT2D eigenvalue weighted by molar-refractivity contribution is 0.102. The molecule has 0 spiro atoms. The van der Waals surface area contributed by atoms with Crippen molar-refractivity contribution in [1.82, 2.24) is 9.55 Å². The van der Waals surface area contributed by atoms with Crippen LogP contribution in [0.15, 0.2) is 40.5 Å². The van der Waals surface area contributed by atoms with E-state index < -0.39 is 0 Å². The van der Waals surface area contributed by atoms with E-state index in [1.54, 1.807) is 30.7 Å². The minimum Gasteiger partial charge on any atom is -0.508 e. The van der Waals surface area contributed by atoms with E-state index in [0.29, 0.717) is 29.2 Å². The molecule has 0 aliphatic heterocycles. The monoisotopic (exact) mass is 324 g/mol. The molecular weight excluding hydrogens is 304 g/mol. The van der Waals surface area contributed by atoms with Gasteiger partial charge in [0, 0.05) is 19.2 Å². The first-order valence-electron chi connectivity index (χ1n) is 7.77. The summed E-state index contributed by atoms with van der Waals surface area (Å²) in [5.74, 6) is 0.807. The number of fused-ring (bicyclic) bond motifs is 1. The summed E-state index contributed by atoms with van der Waals surface area (Å²) in [5, 5.41) is 9.32. The molecule has 24 heavy (non-hydrogen) atoms. The summed E-state index contributed by atoms with van der Waals surface area (Å²) in [5.41, 5.74) is 9.76. The molecule has 0 atom stereocenters. The van der Waals surface area contributed by atoms with Crippen molar-refractivity contribution in [3.05, 3.63) is 58.3 Å². The van der Waals surface area contributed by atoms with Crippen LogP contribution in [-0.4, -0.2) is 32.7 Å². The molecule has 1 heterocycles. The molecule has 6 nitrogen and oxygen atoms in total. The Morgan fingerprint density at radius 3 is 2.58 bits per heavy atom. The van der Waals surface area contributed by atoms with Crippen LogP contribution in [0.1, 0.15) is 34.5 Å². The van der Waals surface area contributed by atoms with E-state index in [1.807, 2.05) is 19.1 Å². The number of phenols is 1. The van der Waals surface area contributed by atoms with Crippen molar-refractivity contribution in [2.24, 2.45) is 17.8 Å². The average molecular weight is 324 g/mol. The van der Waals surface area contributed by atoms with Gasteiger partial charge in [-0.3, -0.25) is 9.79 Å². The highest BCUT2D eigenvalue weighted by atomic mass is 16.3. The molecule has 0 bridgehead atoms. The number of phenolic OH excluding ortho intramolecular Hbond substituents is 1. The molecule has 0 unspecified atom stereocenters. The Kier molecular flexibility index (Phi) is 3.97. The second kappa shape index (κ2) is 5.96. The second-order valence-corrected chi connectivity index (χ2v) is 5.93. The molecular formula is C18H20N4O2. The van der Waals surface area contributed by atoms with Gasteiger partial charge >= 0.3 is 0 Å². The first kappa shape index (κ1) is 16.0. The smallest absolute Gasteiger partial charge is 0.227 e. The predicted molar refractivity (Wildman–Crippen MR) is 92.4 cm³/mol. The number of Topliss-reactive ketones (excluding diaryl/α,β-unsaturated/α-hetero) is 1. The maximum absolute atomic E-state index is 12.4. The molecule has 0 saturated heterocycles. The number of ketones is 1. The van der Waals surface area contributed by atoms with Crippen molar-refractivity contribution < 1.29 is 9.90 Å². The lowest BCUT2D eigenvalue weighted by Crippen LogP contribution is -2.27. The third-order valence-corrected chi connectivity index (χ3v) is 4.37. The van der Waals surface area contributed by atoms with E-state index in [9.17, 15) is 9.90 Å². The van der Waals surface area contributed by atoms with Gasteiger partial charge in [0.1, 0.15) is 23.0 Å². The van der Waals surface area contributed by atoms with Crippen LogP contribution in [0.3, 0.4) is 0 Å². The SMILES string of the molecule is CC1=C(N)C(=O)c2c(nc(C)n2C)C1=NCCc1ccc(O)cc1. The lowest BCUT2D eigenvalue weighted by Gasteiger charge is -2.16. The number of carbonyl (C=O) groups excluding carboxylic acids is 1. The summed E-state index contributed by atoms with van der Waals surface area (Å²) in [6.45, 7) is 4.21. The Morgan fingerprint density at radius 2 is 1.92 bits per heavy atom. The van der Waals surface area contributed by atoms with Crippen LogP contribution >= 0.6 is 0 Å². The molecule has 1 aliphatic rings. The van der Waals surface area contributed by atoms with Crippen LogP contribution in [0.5, 0.6) is 5.75 Å². The number of carbonyl (C=O) groups is 1. The van der Waals surface area contributed by atoms with E-state index in [2.05, 4.69) is 9.98 Å². The number of nitrogens with two attached hydrogens (primary N) is 1. The van der Waals surface area contributed by atoms with Crippen LogP contribution in [0.4, 0.5) is 0 Å². The number of aromatic nitrogens is 2. The Balaban J connectivity index is 1.92. The Morgan fingerprint density at radius 1 is 1.25 bits per heavy atom. The molecule has 0 radical (unpaired) electrons. The molecule has 1 aliphatic carbocycles. The summed E-state index contributed by atoms with van der Waals surface area (Å²) in [6.07, 6.45) is 0.728. The number of hydrogen-bond acceptors (Lipinski definition) is 5. The zero-order valence-electron chi connectivity index (χ0n) is 14.0. The number of allylic oxidation sites excluding steroid dienone is 2. The average Bonchev–Trinajstić information content (AvgIpc) is 2.86. The van der Waals surface area contributed by atoms with E-state index in [-0.39, 0.29) is 17.2 Å². The first-order chi connectivity index (χ1) is 11.4. The van der Waals surface area contributed by atoms with Crippen LogP contribution in [-0.2, 0) is 13.5 Å². The van der Waals surface area contributed by atoms with Crippen LogP contribution < -0.4 is 5.73 Å². The highest BCUT2D eigenvalue weighted by Gasteiger charge is 2.31. The number of imidazole rings is 1. The predicted octanol–water partition coefficient (Wildman–Crippen LogP) is 1.89. The van der Waals surface area contributed by atoms with Gasteiger partial charge in [-0.1, -0.05) is 12.1 Å². The Labute approximate surface area is 140 Å². The third-order valence-electron chi connectivity index (χ3n) is 4.37. The second-order valence-electron chi connectivity index (χ2n) is 5.93. The van der Waals surface area contributed by atoms with Crippen molar-refractivity contribution >= 4 is 11.5 Å². The fourth-order valence-corrected chi connectivity index (χ4v) is 2.79. The van der Waals surface area contributed by atoms with E-state index in [0.717, 1.165) is 17.8 Å². The van der Waals surface area contributed by atoms with Crippen LogP contribution in [0, 0.1) is 6.92 Å². The topological polar surface area (TPSA) is 93.5 Å².